The van der Waals surface area contributed by atoms with E-state index in [1.54, 1.807) is 24.3 Å². The van der Waals surface area contributed by atoms with E-state index in [0.717, 1.165) is 12.1 Å². The molecule has 1 amide bonds. The molecule has 3 aromatic rings. The predicted molar refractivity (Wildman–Crippen MR) is 128 cm³/mol. The average molecular weight is 465 g/mol. The molecule has 0 bridgehead atoms. The van der Waals surface area contributed by atoms with E-state index in [0.29, 0.717) is 37.1 Å². The number of likely N-dealkylation sites (tertiary alicyclic amines) is 1. The fourth-order valence-corrected chi connectivity index (χ4v) is 4.90. The van der Waals surface area contributed by atoms with Crippen LogP contribution in [0.5, 0.6) is 0 Å². The van der Waals surface area contributed by atoms with Gasteiger partial charge in [-0.1, -0.05) is 61.5 Å². The van der Waals surface area contributed by atoms with Gasteiger partial charge in [-0.3, -0.25) is 9.69 Å². The fourth-order valence-electron chi connectivity index (χ4n) is 4.90. The van der Waals surface area contributed by atoms with Gasteiger partial charge in [-0.25, -0.2) is 8.78 Å². The average Bonchev–Trinajstić information content (AvgIpc) is 3.26. The van der Waals surface area contributed by atoms with Crippen molar-refractivity contribution in [3.63, 3.8) is 0 Å². The number of β-amino-alcohol motifs (C(OH)–C–C–N with tert-alkyl or cyclic N) is 1. The number of carbonyl (C=O) groups excluding carboxylic acids is 1. The van der Waals surface area contributed by atoms with Gasteiger partial charge >= 0.3 is 0 Å². The van der Waals surface area contributed by atoms with Crippen molar-refractivity contribution in [3.05, 3.63) is 107 Å². The lowest BCUT2D eigenvalue weighted by molar-refractivity contribution is -0.126. The lowest BCUT2D eigenvalue weighted by atomic mass is 9.71. The molecule has 6 heteroatoms. The van der Waals surface area contributed by atoms with E-state index in [1.807, 2.05) is 37.3 Å². The number of nitrogens with one attached hydrogen (secondary N) is 1. The molecule has 4 nitrogen and oxygen atoms in total. The van der Waals surface area contributed by atoms with Crippen molar-refractivity contribution in [2.75, 3.05) is 19.6 Å². The smallest absolute Gasteiger partial charge is 0.235 e. The van der Waals surface area contributed by atoms with Gasteiger partial charge in [0.25, 0.3) is 0 Å². The number of aliphatic hydroxyl groups is 1. The lowest BCUT2D eigenvalue weighted by Gasteiger charge is -2.35. The zero-order valence-corrected chi connectivity index (χ0v) is 19.3. The molecular formula is C28H30F2N2O2. The maximum atomic E-state index is 14.1. The molecule has 3 aromatic carbocycles. The van der Waals surface area contributed by atoms with Crippen molar-refractivity contribution in [1.29, 1.82) is 0 Å². The van der Waals surface area contributed by atoms with Crippen LogP contribution in [-0.4, -0.2) is 41.7 Å². The maximum Gasteiger partial charge on any atom is 0.235 e. The minimum atomic E-state index is -1.13. The third-order valence-corrected chi connectivity index (χ3v) is 6.79. The summed E-state index contributed by atoms with van der Waals surface area (Å²) in [6.07, 6.45) is 0.750. The summed E-state index contributed by atoms with van der Waals surface area (Å²) in [4.78, 5) is 16.3. The number of nitrogens with zero attached hydrogens (tertiary/aromatic N) is 1. The van der Waals surface area contributed by atoms with E-state index in [-0.39, 0.29) is 29.7 Å². The molecule has 1 aliphatic rings. The first-order valence-corrected chi connectivity index (χ1v) is 11.7. The zero-order chi connectivity index (χ0) is 24.1. The highest BCUT2D eigenvalue weighted by molar-refractivity contribution is 5.92. The van der Waals surface area contributed by atoms with E-state index < -0.39 is 5.41 Å². The monoisotopic (exact) mass is 464 g/mol. The highest BCUT2D eigenvalue weighted by Gasteiger charge is 2.41. The molecule has 1 heterocycles. The molecular weight excluding hydrogens is 434 g/mol. The molecule has 2 atom stereocenters. The van der Waals surface area contributed by atoms with Gasteiger partial charge in [-0.2, -0.15) is 0 Å². The molecule has 1 saturated heterocycles. The second-order valence-corrected chi connectivity index (χ2v) is 8.91. The van der Waals surface area contributed by atoms with Crippen molar-refractivity contribution in [3.8, 4) is 0 Å². The number of benzene rings is 3. The number of aliphatic hydroxyl groups excluding tert-OH is 1. The Morgan fingerprint density at radius 1 is 1.00 bits per heavy atom. The highest BCUT2D eigenvalue weighted by Crippen LogP contribution is 2.37. The van der Waals surface area contributed by atoms with Crippen LogP contribution in [0, 0.1) is 11.6 Å². The van der Waals surface area contributed by atoms with Gasteiger partial charge in [0.1, 0.15) is 11.6 Å². The Morgan fingerprint density at radius 2 is 1.56 bits per heavy atom. The van der Waals surface area contributed by atoms with Gasteiger partial charge in [-0.15, -0.1) is 0 Å². The fraction of sp³-hybridized carbons (Fsp3) is 0.321. The Morgan fingerprint density at radius 3 is 2.03 bits per heavy atom. The second kappa shape index (κ2) is 10.5. The Bertz CT molecular complexity index is 1040. The maximum absolute atomic E-state index is 14.1. The van der Waals surface area contributed by atoms with Crippen LogP contribution in [-0.2, 0) is 10.2 Å². The van der Waals surface area contributed by atoms with Gasteiger partial charge in [0.15, 0.2) is 0 Å². The minimum absolute atomic E-state index is 0.234. The number of halogens is 2. The van der Waals surface area contributed by atoms with E-state index in [2.05, 4.69) is 10.2 Å². The van der Waals surface area contributed by atoms with E-state index in [4.69, 9.17) is 0 Å². The summed E-state index contributed by atoms with van der Waals surface area (Å²) in [5.41, 5.74) is 1.12. The molecule has 1 aliphatic heterocycles. The van der Waals surface area contributed by atoms with Crippen molar-refractivity contribution in [2.24, 2.45) is 0 Å². The third kappa shape index (κ3) is 5.03. The number of rotatable bonds is 8. The van der Waals surface area contributed by atoms with Gasteiger partial charge in [0.2, 0.25) is 5.91 Å². The van der Waals surface area contributed by atoms with Crippen LogP contribution in [0.1, 0.15) is 42.5 Å². The van der Waals surface area contributed by atoms with Gasteiger partial charge in [0.05, 0.1) is 17.6 Å². The summed E-state index contributed by atoms with van der Waals surface area (Å²) in [6.45, 7) is 3.78. The first-order valence-electron chi connectivity index (χ1n) is 11.7. The molecule has 1 unspecified atom stereocenters. The summed E-state index contributed by atoms with van der Waals surface area (Å²) in [5.74, 6) is -1.01. The largest absolute Gasteiger partial charge is 0.392 e. The molecule has 34 heavy (non-hydrogen) atoms. The topological polar surface area (TPSA) is 52.6 Å². The van der Waals surface area contributed by atoms with Crippen LogP contribution in [0.15, 0.2) is 78.9 Å². The van der Waals surface area contributed by atoms with Crippen LogP contribution in [0.4, 0.5) is 8.78 Å². The van der Waals surface area contributed by atoms with Crippen LogP contribution < -0.4 is 5.32 Å². The van der Waals surface area contributed by atoms with Crippen LogP contribution in [0.2, 0.25) is 0 Å². The molecule has 0 aromatic heterocycles. The third-order valence-electron chi connectivity index (χ3n) is 6.79. The van der Waals surface area contributed by atoms with Crippen molar-refractivity contribution < 1.29 is 18.7 Å². The van der Waals surface area contributed by atoms with Gasteiger partial charge in [-0.05, 0) is 53.8 Å². The Balaban J connectivity index is 1.73. The number of carbonyl (C=O) groups is 1. The highest BCUT2D eigenvalue weighted by atomic mass is 19.1. The van der Waals surface area contributed by atoms with E-state index >= 15 is 0 Å². The Kier molecular flexibility index (Phi) is 7.39. The second-order valence-electron chi connectivity index (χ2n) is 8.91. The zero-order valence-electron chi connectivity index (χ0n) is 19.3. The molecule has 0 spiro atoms. The predicted octanol–water partition coefficient (Wildman–Crippen LogP) is 4.59. The van der Waals surface area contributed by atoms with Crippen molar-refractivity contribution in [2.45, 2.75) is 37.3 Å². The van der Waals surface area contributed by atoms with Crippen LogP contribution in [0.25, 0.3) is 0 Å². The SMILES string of the molecule is CCC(C(=O)N[C@H](CN1CCC(O)C1)c1ccccc1)(c1ccc(F)cc1)c1ccc(F)cc1. The van der Waals surface area contributed by atoms with Crippen molar-refractivity contribution in [1.82, 2.24) is 10.2 Å². The van der Waals surface area contributed by atoms with E-state index in [9.17, 15) is 18.7 Å². The van der Waals surface area contributed by atoms with Crippen LogP contribution in [0.3, 0.4) is 0 Å². The van der Waals surface area contributed by atoms with Crippen molar-refractivity contribution >= 4 is 5.91 Å². The van der Waals surface area contributed by atoms with Gasteiger partial charge < -0.3 is 10.4 Å². The normalized spacial score (nSPS) is 17.5. The number of hydrogen-bond donors (Lipinski definition) is 2. The molecule has 4 rings (SSSR count). The van der Waals surface area contributed by atoms with E-state index in [1.165, 1.54) is 24.3 Å². The summed E-state index contributed by atoms with van der Waals surface area (Å²) in [5, 5.41) is 13.2. The summed E-state index contributed by atoms with van der Waals surface area (Å²) >= 11 is 0. The number of hydrogen-bond acceptors (Lipinski definition) is 3. The first-order chi connectivity index (χ1) is 16.4. The molecule has 178 valence electrons. The molecule has 0 saturated carbocycles. The molecule has 0 aliphatic carbocycles. The minimum Gasteiger partial charge on any atom is -0.392 e. The summed E-state index contributed by atoms with van der Waals surface area (Å²) < 4.78 is 27.5. The number of amides is 1. The summed E-state index contributed by atoms with van der Waals surface area (Å²) in [7, 11) is 0. The molecule has 1 fully saturated rings. The Hall–Kier alpha value is -3.09. The first kappa shape index (κ1) is 24.0. The lowest BCUT2D eigenvalue weighted by Crippen LogP contribution is -2.48. The standard InChI is InChI=1S/C28H30F2N2O2/c1-2-28(21-8-12-23(29)13-9-21,22-10-14-24(30)15-11-22)27(34)31-26(20-6-4-3-5-7-20)19-32-17-16-25(33)18-32/h3-15,25-26,33H,2,16-19H2,1H3,(H,31,34)/t25?,26-/m1/s1. The van der Waals surface area contributed by atoms with Gasteiger partial charge in [0, 0.05) is 19.6 Å². The quantitative estimate of drug-likeness (QED) is 0.513. The molecule has 2 N–H and O–H groups in total. The summed E-state index contributed by atoms with van der Waals surface area (Å²) in [6, 6.07) is 21.3. The van der Waals surface area contributed by atoms with Crippen LogP contribution >= 0.6 is 0 Å². The Labute approximate surface area is 199 Å². The molecule has 0 radical (unpaired) electrons.